The number of ether oxygens (including phenoxy) is 2. The van der Waals surface area contributed by atoms with Crippen molar-refractivity contribution in [3.63, 3.8) is 0 Å². The molecule has 0 unspecified atom stereocenters. The molecule has 0 aromatic heterocycles. The summed E-state index contributed by atoms with van der Waals surface area (Å²) < 4.78 is 72.1. The van der Waals surface area contributed by atoms with Gasteiger partial charge in [0.05, 0.1) is 13.2 Å². The average Bonchev–Trinajstić information content (AvgIpc) is 3.04. The van der Waals surface area contributed by atoms with Gasteiger partial charge >= 0.3 is 0 Å². The van der Waals surface area contributed by atoms with E-state index in [1.165, 1.54) is 44.9 Å². The number of hydrogen-bond donors (Lipinski definition) is 0. The molecule has 240 valence electrons. The molecular formula is C38H48F4O2. The van der Waals surface area contributed by atoms with Gasteiger partial charge in [0.2, 0.25) is 0 Å². The Kier molecular flexibility index (Phi) is 13.7. The molecule has 0 aliphatic carbocycles. The largest absolute Gasteiger partial charge is 0.352 e. The second kappa shape index (κ2) is 17.7. The van der Waals surface area contributed by atoms with E-state index in [1.54, 1.807) is 48.5 Å². The first-order valence-electron chi connectivity index (χ1n) is 16.7. The Labute approximate surface area is 261 Å². The molecule has 1 saturated heterocycles. The van der Waals surface area contributed by atoms with Crippen molar-refractivity contribution in [1.29, 1.82) is 0 Å². The normalized spacial score (nSPS) is 16.9. The number of benzene rings is 3. The van der Waals surface area contributed by atoms with Crippen LogP contribution in [0.4, 0.5) is 17.6 Å². The summed E-state index contributed by atoms with van der Waals surface area (Å²) in [6, 6.07) is 12.8. The molecule has 44 heavy (non-hydrogen) atoms. The van der Waals surface area contributed by atoms with Crippen molar-refractivity contribution in [3.8, 4) is 22.3 Å². The van der Waals surface area contributed by atoms with Crippen LogP contribution < -0.4 is 0 Å². The van der Waals surface area contributed by atoms with E-state index in [2.05, 4.69) is 13.8 Å². The number of halogens is 4. The third-order valence-corrected chi connectivity index (χ3v) is 8.78. The molecule has 1 heterocycles. The maximum absolute atomic E-state index is 15.3. The van der Waals surface area contributed by atoms with Gasteiger partial charge in [-0.1, -0.05) is 127 Å². The number of aryl methyl sites for hydroxylation is 1. The zero-order valence-corrected chi connectivity index (χ0v) is 26.4. The number of unbranched alkanes of at least 4 members (excludes halogenated alkanes) is 10. The van der Waals surface area contributed by atoms with Crippen LogP contribution in [-0.4, -0.2) is 19.5 Å². The molecule has 2 nitrogen and oxygen atoms in total. The first-order valence-corrected chi connectivity index (χ1v) is 16.7. The van der Waals surface area contributed by atoms with Crippen molar-refractivity contribution >= 4 is 0 Å². The van der Waals surface area contributed by atoms with Gasteiger partial charge in [0.15, 0.2) is 29.6 Å². The highest BCUT2D eigenvalue weighted by atomic mass is 19.2. The third kappa shape index (κ3) is 9.17. The van der Waals surface area contributed by atoms with Crippen LogP contribution in [-0.2, 0) is 15.9 Å². The smallest absolute Gasteiger partial charge is 0.166 e. The predicted octanol–water partition coefficient (Wildman–Crippen LogP) is 11.7. The van der Waals surface area contributed by atoms with Crippen molar-refractivity contribution in [2.75, 3.05) is 13.2 Å². The van der Waals surface area contributed by atoms with E-state index in [4.69, 9.17) is 9.47 Å². The molecule has 6 heteroatoms. The van der Waals surface area contributed by atoms with Gasteiger partial charge in [0.1, 0.15) is 0 Å². The number of rotatable bonds is 17. The quantitative estimate of drug-likeness (QED) is 0.112. The summed E-state index contributed by atoms with van der Waals surface area (Å²) in [5.74, 6) is -3.93. The summed E-state index contributed by atoms with van der Waals surface area (Å²) in [5, 5.41) is 0. The van der Waals surface area contributed by atoms with E-state index in [1.807, 2.05) is 0 Å². The third-order valence-electron chi connectivity index (χ3n) is 8.78. The first kappa shape index (κ1) is 34.2. The lowest BCUT2D eigenvalue weighted by Gasteiger charge is -2.30. The average molecular weight is 613 g/mol. The van der Waals surface area contributed by atoms with Gasteiger partial charge in [0, 0.05) is 17.0 Å². The van der Waals surface area contributed by atoms with Crippen LogP contribution in [0.1, 0.15) is 114 Å². The van der Waals surface area contributed by atoms with E-state index >= 15 is 13.2 Å². The minimum absolute atomic E-state index is 0.108. The lowest BCUT2D eigenvalue weighted by molar-refractivity contribution is -0.190. The van der Waals surface area contributed by atoms with Gasteiger partial charge in [-0.05, 0) is 47.9 Å². The number of hydrogen-bond acceptors (Lipinski definition) is 2. The molecule has 3 aromatic rings. The van der Waals surface area contributed by atoms with Crippen molar-refractivity contribution in [3.05, 3.63) is 82.9 Å². The molecule has 0 radical (unpaired) electrons. The minimum atomic E-state index is -0.944. The Balaban J connectivity index is 1.35. The summed E-state index contributed by atoms with van der Waals surface area (Å²) >= 11 is 0. The lowest BCUT2D eigenvalue weighted by atomic mass is 9.94. The zero-order chi connectivity index (χ0) is 31.3. The highest BCUT2D eigenvalue weighted by Gasteiger charge is 2.27. The van der Waals surface area contributed by atoms with E-state index in [0.717, 1.165) is 38.5 Å². The van der Waals surface area contributed by atoms with Crippen molar-refractivity contribution in [1.82, 2.24) is 0 Å². The molecule has 4 rings (SSSR count). The van der Waals surface area contributed by atoms with Crippen LogP contribution in [0, 0.1) is 23.3 Å². The van der Waals surface area contributed by atoms with Crippen LogP contribution in [0.3, 0.4) is 0 Å². The summed E-state index contributed by atoms with van der Waals surface area (Å²) in [6.07, 6.45) is 14.6. The molecular weight excluding hydrogens is 564 g/mol. The Morgan fingerprint density at radius 2 is 1.05 bits per heavy atom. The van der Waals surface area contributed by atoms with Crippen molar-refractivity contribution in [2.24, 2.45) is 0 Å². The molecule has 0 N–H and O–H groups in total. The summed E-state index contributed by atoms with van der Waals surface area (Å²) in [7, 11) is 0. The van der Waals surface area contributed by atoms with Gasteiger partial charge in [0.25, 0.3) is 0 Å². The minimum Gasteiger partial charge on any atom is -0.352 e. The van der Waals surface area contributed by atoms with Crippen LogP contribution in [0.5, 0.6) is 0 Å². The second-order valence-electron chi connectivity index (χ2n) is 12.2. The topological polar surface area (TPSA) is 18.5 Å². The Bertz CT molecular complexity index is 1300. The molecule has 0 saturated carbocycles. The Morgan fingerprint density at radius 3 is 1.64 bits per heavy atom. The van der Waals surface area contributed by atoms with Gasteiger partial charge in [-0.15, -0.1) is 0 Å². The van der Waals surface area contributed by atoms with Crippen LogP contribution in [0.25, 0.3) is 22.3 Å². The summed E-state index contributed by atoms with van der Waals surface area (Å²) in [5.41, 5.74) is 1.81. The summed E-state index contributed by atoms with van der Waals surface area (Å²) in [6.45, 7) is 4.93. The molecule has 0 bridgehead atoms. The highest BCUT2D eigenvalue weighted by Crippen LogP contribution is 2.34. The highest BCUT2D eigenvalue weighted by molar-refractivity contribution is 5.71. The zero-order valence-electron chi connectivity index (χ0n) is 26.4. The molecule has 3 aromatic carbocycles. The fourth-order valence-electron chi connectivity index (χ4n) is 6.01. The molecule has 1 aliphatic heterocycles. The molecule has 1 aliphatic rings. The van der Waals surface area contributed by atoms with E-state index in [9.17, 15) is 4.39 Å². The van der Waals surface area contributed by atoms with Crippen LogP contribution >= 0.6 is 0 Å². The maximum atomic E-state index is 15.3. The molecule has 0 atom stereocenters. The fourth-order valence-corrected chi connectivity index (χ4v) is 6.01. The standard InChI is InChI=1S/C38H48F4O2/c1-3-5-7-9-10-12-13-15-29-21-22-31(36(40)35(29)39)27-17-19-28(20-18-27)32-23-24-33(38(42)37(32)41)30-25-43-34(44-26-30)16-14-11-8-6-4-2/h17-24,30,34H,3-16,25-26H2,1-2H3. The summed E-state index contributed by atoms with van der Waals surface area (Å²) in [4.78, 5) is 0. The Morgan fingerprint density at radius 1 is 0.545 bits per heavy atom. The van der Waals surface area contributed by atoms with Crippen LogP contribution in [0.15, 0.2) is 48.5 Å². The van der Waals surface area contributed by atoms with E-state index < -0.39 is 23.3 Å². The first-order chi connectivity index (χ1) is 21.4. The van der Waals surface area contributed by atoms with E-state index in [-0.39, 0.29) is 42.1 Å². The second-order valence-corrected chi connectivity index (χ2v) is 12.2. The monoisotopic (exact) mass is 612 g/mol. The van der Waals surface area contributed by atoms with Crippen molar-refractivity contribution in [2.45, 2.75) is 116 Å². The predicted molar refractivity (Wildman–Crippen MR) is 171 cm³/mol. The fraction of sp³-hybridized carbons (Fsp3) is 0.526. The van der Waals surface area contributed by atoms with Gasteiger partial charge in [-0.2, -0.15) is 0 Å². The SMILES string of the molecule is CCCCCCCCCc1ccc(-c2ccc(-c3ccc(C4COC(CCCCCCC)OC4)c(F)c3F)cc2)c(F)c1F. The van der Waals surface area contributed by atoms with E-state index in [0.29, 0.717) is 23.1 Å². The molecule has 0 spiro atoms. The maximum Gasteiger partial charge on any atom is 0.166 e. The van der Waals surface area contributed by atoms with Gasteiger partial charge in [-0.3, -0.25) is 0 Å². The van der Waals surface area contributed by atoms with Crippen molar-refractivity contribution < 1.29 is 27.0 Å². The van der Waals surface area contributed by atoms with Gasteiger partial charge in [-0.25, -0.2) is 17.6 Å². The molecule has 1 fully saturated rings. The molecule has 0 amide bonds. The van der Waals surface area contributed by atoms with Gasteiger partial charge < -0.3 is 9.47 Å². The van der Waals surface area contributed by atoms with Crippen LogP contribution in [0.2, 0.25) is 0 Å². The Hall–Kier alpha value is -2.70. The lowest BCUT2D eigenvalue weighted by Crippen LogP contribution is -2.31.